The molecule has 0 aromatic heterocycles. The maximum atomic E-state index is 6.22. The van der Waals surface area contributed by atoms with E-state index in [2.05, 4.69) is 139 Å². The number of nitrogens with one attached hydrogen (secondary N) is 1. The summed E-state index contributed by atoms with van der Waals surface area (Å²) in [4.78, 5) is 0. The van der Waals surface area contributed by atoms with E-state index in [1.54, 1.807) is 0 Å². The van der Waals surface area contributed by atoms with E-state index in [4.69, 9.17) is 49.8 Å². The summed E-state index contributed by atoms with van der Waals surface area (Å²) in [5.74, 6) is 2.90. The Kier molecular flexibility index (Phi) is 16.0. The number of halogens is 2. The van der Waals surface area contributed by atoms with Crippen LogP contribution in [-0.4, -0.2) is 13.6 Å². The standard InChI is InChI=1S/C38H29NO4P2.C14H16N2.2ClH.Ru/c1-5-13-27(14-6-1)44(28-15-7-2-8-16-28)33-23-21-31-37(42-25-40-31)35(33)39-36-34(24-22-32-38(36)43-26-41-32)45(29-17-9-3-10-18-29)30-19-11-4-12-20-30;15-13(11-7-3-1-4-8-11)14(16)12-9-5-2-6-10-12;;;/h1-24,39H,25-26H2;1-10,13-14H,15-16H2;2*1H;/q;;;;+4. The van der Waals surface area contributed by atoms with Crippen molar-refractivity contribution < 1.29 is 34.1 Å². The van der Waals surface area contributed by atoms with E-state index in [9.17, 15) is 0 Å². The molecule has 10 rings (SSSR count). The fourth-order valence-corrected chi connectivity index (χ4v) is 13.2. The molecule has 12 heteroatoms. The van der Waals surface area contributed by atoms with E-state index in [1.165, 1.54) is 31.8 Å². The molecule has 0 amide bonds. The Morgan fingerprint density at radius 1 is 0.406 bits per heavy atom. The van der Waals surface area contributed by atoms with Gasteiger partial charge in [-0.2, -0.15) is 0 Å². The van der Waals surface area contributed by atoms with Crippen LogP contribution in [0.1, 0.15) is 23.2 Å². The van der Waals surface area contributed by atoms with Crippen molar-refractivity contribution in [3.05, 3.63) is 217 Å². The predicted octanol–water partition coefficient (Wildman–Crippen LogP) is 9.63. The third kappa shape index (κ3) is 10.6. The van der Waals surface area contributed by atoms with Crippen molar-refractivity contribution >= 4 is 78.4 Å². The molecule has 0 fully saturated rings. The fraction of sp³-hybridized carbons (Fsp3) is 0.0769. The van der Waals surface area contributed by atoms with E-state index in [1.807, 2.05) is 72.8 Å². The zero-order valence-corrected chi connectivity index (χ0v) is 39.8. The third-order valence-electron chi connectivity index (χ3n) is 10.9. The Labute approximate surface area is 392 Å². The second-order valence-electron chi connectivity index (χ2n) is 14.7. The summed E-state index contributed by atoms with van der Waals surface area (Å²) in [6.45, 7) is 0.351. The molecule has 0 spiro atoms. The van der Waals surface area contributed by atoms with Crippen molar-refractivity contribution in [2.75, 3.05) is 18.9 Å². The Hall–Kier alpha value is -5.26. The van der Waals surface area contributed by atoms with E-state index in [-0.39, 0.29) is 40.8 Å². The van der Waals surface area contributed by atoms with Gasteiger partial charge in [0.15, 0.2) is 23.0 Å². The molecule has 0 bridgehead atoms. The molecule has 8 aromatic carbocycles. The molecule has 2 unspecified atom stereocenters. The van der Waals surface area contributed by atoms with Crippen molar-refractivity contribution in [3.8, 4) is 23.0 Å². The zero-order chi connectivity index (χ0) is 44.1. The molecule has 5 N–H and O–H groups in total. The Morgan fingerprint density at radius 2 is 0.688 bits per heavy atom. The van der Waals surface area contributed by atoms with Crippen LogP contribution in [-0.2, 0) is 15.1 Å². The SMILES string of the molecule is NC(c1ccccc1)C(N)c1ccccc1.[Cl][Ru+2][Cl].c1ccc([PH+](c2ccccc2)c2ccc3c(c2Nc2c([PH+](c4ccccc4)c4ccccc4)ccc4c2OCO4)OCO3)cc1. The van der Waals surface area contributed by atoms with Gasteiger partial charge in [0, 0.05) is 12.1 Å². The minimum absolute atomic E-state index is 0.163. The van der Waals surface area contributed by atoms with Crippen molar-refractivity contribution in [2.45, 2.75) is 12.1 Å². The molecule has 0 radical (unpaired) electrons. The van der Waals surface area contributed by atoms with Gasteiger partial charge >= 0.3 is 34.5 Å². The molecule has 2 aliphatic heterocycles. The smallest absolute Gasteiger partial charge is 0.231 e. The second-order valence-corrected chi connectivity index (χ2v) is 22.2. The molecule has 7 nitrogen and oxygen atoms in total. The molecular formula is C52H47Cl2N3O4P2Ru+4. The van der Waals surface area contributed by atoms with Crippen LogP contribution < -0.4 is 67.6 Å². The van der Waals surface area contributed by atoms with Crippen molar-refractivity contribution in [2.24, 2.45) is 11.5 Å². The second kappa shape index (κ2) is 22.6. The first-order chi connectivity index (χ1) is 31.6. The molecule has 8 aromatic rings. The maximum Gasteiger partial charge on any atom is 0.231 e. The molecule has 322 valence electrons. The normalized spacial score (nSPS) is 13.0. The van der Waals surface area contributed by atoms with Crippen LogP contribution in [0.2, 0.25) is 0 Å². The summed E-state index contributed by atoms with van der Waals surface area (Å²) in [5, 5.41) is 11.4. The quantitative estimate of drug-likeness (QED) is 0.0877. The average molecular weight is 1010 g/mol. The van der Waals surface area contributed by atoms with Gasteiger partial charge in [0.05, 0.1) is 0 Å². The number of benzene rings is 8. The van der Waals surface area contributed by atoms with Crippen molar-refractivity contribution in [3.63, 3.8) is 0 Å². The minimum atomic E-state index is -1.46. The number of fused-ring (bicyclic) bond motifs is 2. The molecule has 0 saturated heterocycles. The molecule has 0 saturated carbocycles. The molecule has 2 aliphatic rings. The minimum Gasteiger partial charge on any atom is -0.454 e. The number of nitrogens with two attached hydrogens (primary N) is 2. The van der Waals surface area contributed by atoms with Crippen LogP contribution in [0.25, 0.3) is 0 Å². The van der Waals surface area contributed by atoms with Gasteiger partial charge < -0.3 is 35.7 Å². The van der Waals surface area contributed by atoms with E-state index in [0.29, 0.717) is 0 Å². The summed E-state index contributed by atoms with van der Waals surface area (Å²) >= 11 is -0.346. The largest absolute Gasteiger partial charge is 0.454 e. The monoisotopic (exact) mass is 1010 g/mol. The van der Waals surface area contributed by atoms with Crippen LogP contribution >= 0.6 is 35.2 Å². The van der Waals surface area contributed by atoms with Crippen molar-refractivity contribution in [1.82, 2.24) is 0 Å². The average Bonchev–Trinajstić information content (AvgIpc) is 4.06. The maximum absolute atomic E-state index is 6.22. The van der Waals surface area contributed by atoms with E-state index >= 15 is 0 Å². The van der Waals surface area contributed by atoms with E-state index < -0.39 is 15.8 Å². The fourth-order valence-electron chi connectivity index (χ4n) is 7.87. The summed E-state index contributed by atoms with van der Waals surface area (Å²) in [7, 11) is 6.79. The number of rotatable bonds is 11. The molecule has 2 heterocycles. The first-order valence-corrected chi connectivity index (χ1v) is 28.1. The van der Waals surface area contributed by atoms with Gasteiger partial charge in [-0.3, -0.25) is 0 Å². The van der Waals surface area contributed by atoms with Crippen LogP contribution in [0.3, 0.4) is 0 Å². The Morgan fingerprint density at radius 3 is 0.984 bits per heavy atom. The predicted molar refractivity (Wildman–Crippen MR) is 267 cm³/mol. The first-order valence-electron chi connectivity index (χ1n) is 20.6. The van der Waals surface area contributed by atoms with Gasteiger partial charge in [-0.15, -0.1) is 0 Å². The summed E-state index contributed by atoms with van der Waals surface area (Å²) < 4.78 is 24.3. The van der Waals surface area contributed by atoms with Crippen LogP contribution in [0.4, 0.5) is 11.4 Å². The van der Waals surface area contributed by atoms with Gasteiger partial charge in [0.1, 0.15) is 59.0 Å². The number of hydrogen-bond donors (Lipinski definition) is 3. The number of ether oxygens (including phenoxy) is 4. The number of hydrogen-bond acceptors (Lipinski definition) is 7. The topological polar surface area (TPSA) is 101 Å². The molecule has 2 atom stereocenters. The van der Waals surface area contributed by atoms with Gasteiger partial charge in [0.2, 0.25) is 13.6 Å². The summed E-state index contributed by atoms with van der Waals surface area (Å²) in [5.41, 5.74) is 16.2. The zero-order valence-electron chi connectivity index (χ0n) is 34.6. The van der Waals surface area contributed by atoms with Gasteiger partial charge in [0.25, 0.3) is 0 Å². The van der Waals surface area contributed by atoms with Crippen LogP contribution in [0, 0.1) is 0 Å². The van der Waals surface area contributed by atoms with Crippen LogP contribution in [0.15, 0.2) is 206 Å². The van der Waals surface area contributed by atoms with Crippen molar-refractivity contribution in [1.29, 1.82) is 0 Å². The summed E-state index contributed by atoms with van der Waals surface area (Å²) in [6.07, 6.45) is 0. The Bertz CT molecular complexity index is 2440. The first kappa shape index (κ1) is 45.3. The number of anilines is 2. The van der Waals surface area contributed by atoms with Gasteiger partial charge in [-0.05, 0) is 83.9 Å². The van der Waals surface area contributed by atoms with Crippen LogP contribution in [0.5, 0.6) is 23.0 Å². The molecular weight excluding hydrogens is 965 g/mol. The summed E-state index contributed by atoms with van der Waals surface area (Å²) in [6, 6.07) is 71.1. The molecule has 64 heavy (non-hydrogen) atoms. The third-order valence-corrected chi connectivity index (χ3v) is 16.4. The van der Waals surface area contributed by atoms with E-state index in [0.717, 1.165) is 45.5 Å². The Balaban J connectivity index is 0.000000246. The van der Waals surface area contributed by atoms with Gasteiger partial charge in [-0.1, -0.05) is 133 Å². The van der Waals surface area contributed by atoms with Gasteiger partial charge in [-0.25, -0.2) is 0 Å². The molecule has 0 aliphatic carbocycles.